The molecule has 1 aliphatic carbocycles. The molecule has 2 fully saturated rings. The molecule has 3 rings (SSSR count). The summed E-state index contributed by atoms with van der Waals surface area (Å²) in [6.45, 7) is 1.83. The molecule has 1 aromatic rings. The lowest BCUT2D eigenvalue weighted by molar-refractivity contribution is -0.127. The van der Waals surface area contributed by atoms with Gasteiger partial charge in [-0.1, -0.05) is 25.3 Å². The smallest absolute Gasteiger partial charge is 0.227 e. The third-order valence-corrected chi connectivity index (χ3v) is 4.93. The minimum absolute atomic E-state index is 0.0132. The highest BCUT2D eigenvalue weighted by molar-refractivity contribution is 6.01. The Hall–Kier alpha value is -2.37. The molecule has 0 spiro atoms. The van der Waals surface area contributed by atoms with Crippen LogP contribution in [0.4, 0.5) is 11.4 Å². The van der Waals surface area contributed by atoms with Crippen molar-refractivity contribution in [3.63, 3.8) is 0 Å². The number of nitrogens with zero attached hydrogens (tertiary/aromatic N) is 1. The van der Waals surface area contributed by atoms with Crippen LogP contribution in [0.15, 0.2) is 24.3 Å². The van der Waals surface area contributed by atoms with Gasteiger partial charge >= 0.3 is 0 Å². The Morgan fingerprint density at radius 2 is 1.92 bits per heavy atom. The first-order valence-electron chi connectivity index (χ1n) is 9.01. The number of rotatable bonds is 4. The number of benzene rings is 1. The second-order valence-electron chi connectivity index (χ2n) is 6.98. The summed E-state index contributed by atoms with van der Waals surface area (Å²) >= 11 is 0. The van der Waals surface area contributed by atoms with Gasteiger partial charge in [0, 0.05) is 37.3 Å². The Bertz CT molecular complexity index is 668. The molecule has 1 aromatic carbocycles. The van der Waals surface area contributed by atoms with E-state index in [1.165, 1.54) is 13.3 Å². The highest BCUT2D eigenvalue weighted by Gasteiger charge is 2.36. The molecular formula is C19H25N3O3. The quantitative estimate of drug-likeness (QED) is 0.881. The molecule has 1 atom stereocenters. The second-order valence-corrected chi connectivity index (χ2v) is 6.98. The summed E-state index contributed by atoms with van der Waals surface area (Å²) in [4.78, 5) is 37.7. The Morgan fingerprint density at radius 3 is 2.64 bits per heavy atom. The van der Waals surface area contributed by atoms with Crippen LogP contribution in [0, 0.1) is 5.92 Å². The number of amides is 3. The number of hydrogen-bond acceptors (Lipinski definition) is 3. The van der Waals surface area contributed by atoms with Gasteiger partial charge in [0.05, 0.1) is 5.92 Å². The molecule has 3 amide bonds. The van der Waals surface area contributed by atoms with Crippen LogP contribution in [-0.4, -0.2) is 30.3 Å². The Balaban J connectivity index is 1.63. The van der Waals surface area contributed by atoms with Gasteiger partial charge in [-0.3, -0.25) is 14.4 Å². The molecule has 1 saturated carbocycles. The number of anilines is 2. The molecule has 0 bridgehead atoms. The van der Waals surface area contributed by atoms with E-state index in [1.54, 1.807) is 23.1 Å². The maximum Gasteiger partial charge on any atom is 0.227 e. The van der Waals surface area contributed by atoms with Crippen molar-refractivity contribution in [2.24, 2.45) is 5.92 Å². The van der Waals surface area contributed by atoms with Crippen molar-refractivity contribution in [3.05, 3.63) is 24.3 Å². The highest BCUT2D eigenvalue weighted by atomic mass is 16.2. The van der Waals surface area contributed by atoms with Crippen LogP contribution in [0.1, 0.15) is 45.4 Å². The van der Waals surface area contributed by atoms with Crippen molar-refractivity contribution < 1.29 is 14.4 Å². The zero-order valence-electron chi connectivity index (χ0n) is 14.6. The van der Waals surface area contributed by atoms with Crippen molar-refractivity contribution in [2.45, 2.75) is 51.5 Å². The van der Waals surface area contributed by atoms with E-state index < -0.39 is 0 Å². The molecular weight excluding hydrogens is 318 g/mol. The fraction of sp³-hybridized carbons (Fsp3) is 0.526. The van der Waals surface area contributed by atoms with Gasteiger partial charge in [0.15, 0.2) is 0 Å². The molecule has 0 aromatic heterocycles. The second kappa shape index (κ2) is 7.68. The van der Waals surface area contributed by atoms with Crippen molar-refractivity contribution >= 4 is 29.1 Å². The molecule has 6 heteroatoms. The number of carbonyl (C=O) groups excluding carboxylic acids is 3. The summed E-state index contributed by atoms with van der Waals surface area (Å²) in [6.07, 6.45) is 5.88. The molecule has 6 nitrogen and oxygen atoms in total. The summed E-state index contributed by atoms with van der Waals surface area (Å²) in [6, 6.07) is 7.42. The van der Waals surface area contributed by atoms with Crippen molar-refractivity contribution in [2.75, 3.05) is 16.8 Å². The summed E-state index contributed by atoms with van der Waals surface area (Å²) in [5.41, 5.74) is 1.36. The van der Waals surface area contributed by atoms with Crippen molar-refractivity contribution in [1.29, 1.82) is 0 Å². The first kappa shape index (κ1) is 17.5. The fourth-order valence-electron chi connectivity index (χ4n) is 3.65. The van der Waals surface area contributed by atoms with E-state index in [0.717, 1.165) is 25.7 Å². The molecule has 1 saturated heterocycles. The molecule has 1 heterocycles. The summed E-state index contributed by atoms with van der Waals surface area (Å²) in [5.74, 6) is -0.530. The largest absolute Gasteiger partial charge is 0.353 e. The van der Waals surface area contributed by atoms with Gasteiger partial charge in [-0.2, -0.15) is 0 Å². The topological polar surface area (TPSA) is 78.5 Å². The standard InChI is InChI=1S/C19H25N3O3/c1-13(23)20-16-8-5-9-17(11-16)22-12-14(10-18(22)24)19(25)21-15-6-3-2-4-7-15/h5,8-9,11,14-15H,2-4,6-7,10,12H2,1H3,(H,20,23)(H,21,25)/t14-/m0/s1. The minimum Gasteiger partial charge on any atom is -0.353 e. The molecule has 2 aliphatic rings. The highest BCUT2D eigenvalue weighted by Crippen LogP contribution is 2.28. The first-order valence-corrected chi connectivity index (χ1v) is 9.01. The van der Waals surface area contributed by atoms with Crippen molar-refractivity contribution in [1.82, 2.24) is 5.32 Å². The first-order chi connectivity index (χ1) is 12.0. The third-order valence-electron chi connectivity index (χ3n) is 4.93. The van der Waals surface area contributed by atoms with E-state index in [4.69, 9.17) is 0 Å². The van der Waals surface area contributed by atoms with Gasteiger partial charge in [-0.15, -0.1) is 0 Å². The number of carbonyl (C=O) groups is 3. The third kappa shape index (κ3) is 4.38. The molecule has 2 N–H and O–H groups in total. The predicted octanol–water partition coefficient (Wildman–Crippen LogP) is 2.45. The van der Waals surface area contributed by atoms with E-state index in [9.17, 15) is 14.4 Å². The van der Waals surface area contributed by atoms with Crippen LogP contribution >= 0.6 is 0 Å². The molecule has 25 heavy (non-hydrogen) atoms. The van der Waals surface area contributed by atoms with Gasteiger partial charge in [-0.25, -0.2) is 0 Å². The van der Waals surface area contributed by atoms with E-state index in [0.29, 0.717) is 17.9 Å². The zero-order valence-corrected chi connectivity index (χ0v) is 14.6. The monoisotopic (exact) mass is 343 g/mol. The van der Waals surface area contributed by atoms with Gasteiger partial charge in [0.2, 0.25) is 17.7 Å². The average molecular weight is 343 g/mol. The summed E-state index contributed by atoms with van der Waals surface area (Å²) in [5, 5.41) is 5.83. The maximum absolute atomic E-state index is 12.5. The van der Waals surface area contributed by atoms with E-state index in [2.05, 4.69) is 10.6 Å². The Morgan fingerprint density at radius 1 is 1.16 bits per heavy atom. The van der Waals surface area contributed by atoms with Crippen LogP contribution in [0.25, 0.3) is 0 Å². The van der Waals surface area contributed by atoms with Gasteiger partial charge in [-0.05, 0) is 31.0 Å². The van der Waals surface area contributed by atoms with E-state index >= 15 is 0 Å². The normalized spacial score (nSPS) is 21.2. The molecule has 134 valence electrons. The van der Waals surface area contributed by atoms with Crippen LogP contribution in [0.5, 0.6) is 0 Å². The molecule has 0 unspecified atom stereocenters. The average Bonchev–Trinajstić information content (AvgIpc) is 2.97. The molecule has 0 radical (unpaired) electrons. The lowest BCUT2D eigenvalue weighted by Crippen LogP contribution is -2.40. The van der Waals surface area contributed by atoms with Crippen LogP contribution in [-0.2, 0) is 14.4 Å². The fourth-order valence-corrected chi connectivity index (χ4v) is 3.65. The van der Waals surface area contributed by atoms with Gasteiger partial charge in [0.1, 0.15) is 0 Å². The molecule has 1 aliphatic heterocycles. The Kier molecular flexibility index (Phi) is 5.36. The van der Waals surface area contributed by atoms with Crippen LogP contribution in [0.2, 0.25) is 0 Å². The predicted molar refractivity (Wildman–Crippen MR) is 96.2 cm³/mol. The van der Waals surface area contributed by atoms with Crippen LogP contribution < -0.4 is 15.5 Å². The van der Waals surface area contributed by atoms with Crippen molar-refractivity contribution in [3.8, 4) is 0 Å². The zero-order chi connectivity index (χ0) is 17.8. The number of hydrogen-bond donors (Lipinski definition) is 2. The van der Waals surface area contributed by atoms with E-state index in [-0.39, 0.29) is 36.1 Å². The van der Waals surface area contributed by atoms with Gasteiger partial charge in [0.25, 0.3) is 0 Å². The van der Waals surface area contributed by atoms with Crippen LogP contribution in [0.3, 0.4) is 0 Å². The van der Waals surface area contributed by atoms with E-state index in [1.807, 2.05) is 6.07 Å². The summed E-state index contributed by atoms with van der Waals surface area (Å²) < 4.78 is 0. The Labute approximate surface area is 148 Å². The number of nitrogens with one attached hydrogen (secondary N) is 2. The summed E-state index contributed by atoms with van der Waals surface area (Å²) in [7, 11) is 0. The SMILES string of the molecule is CC(=O)Nc1cccc(N2C[C@@H](C(=O)NC3CCCCC3)CC2=O)c1. The maximum atomic E-state index is 12.5. The van der Waals surface area contributed by atoms with Gasteiger partial charge < -0.3 is 15.5 Å². The lowest BCUT2D eigenvalue weighted by Gasteiger charge is -2.24. The minimum atomic E-state index is -0.307. The lowest BCUT2D eigenvalue weighted by atomic mass is 9.95.